The van der Waals surface area contributed by atoms with Gasteiger partial charge in [0.1, 0.15) is 35.5 Å². The highest BCUT2D eigenvalue weighted by molar-refractivity contribution is 8.00. The summed E-state index contributed by atoms with van der Waals surface area (Å²) in [4.78, 5) is 4.56. The van der Waals surface area contributed by atoms with Gasteiger partial charge in [-0.15, -0.1) is 16.9 Å². The van der Waals surface area contributed by atoms with Gasteiger partial charge in [-0.1, -0.05) is 11.3 Å². The molecule has 1 aromatic carbocycles. The van der Waals surface area contributed by atoms with Crippen molar-refractivity contribution < 1.29 is 46.0 Å². The third-order valence-corrected chi connectivity index (χ3v) is 10.5. The van der Waals surface area contributed by atoms with Crippen LogP contribution in [-0.4, -0.2) is 79.9 Å². The maximum Gasteiger partial charge on any atom is 0.248 e. The van der Waals surface area contributed by atoms with Crippen LogP contribution in [0.2, 0.25) is 0 Å². The molecule has 0 unspecified atom stereocenters. The summed E-state index contributed by atoms with van der Waals surface area (Å²) in [5, 5.41) is 19.5. The van der Waals surface area contributed by atoms with Gasteiger partial charge in [-0.3, -0.25) is 4.98 Å². The summed E-state index contributed by atoms with van der Waals surface area (Å²) in [5.74, 6) is -8.22. The van der Waals surface area contributed by atoms with Gasteiger partial charge in [0.2, 0.25) is 5.92 Å². The van der Waals surface area contributed by atoms with Crippen molar-refractivity contribution in [2.24, 2.45) is 0 Å². The molecule has 0 amide bonds. The van der Waals surface area contributed by atoms with Crippen molar-refractivity contribution in [2.75, 3.05) is 13.7 Å². The Bertz CT molecular complexity index is 1540. The molecule has 2 aromatic heterocycles. The van der Waals surface area contributed by atoms with Crippen molar-refractivity contribution in [1.29, 1.82) is 0 Å². The zero-order valence-electron chi connectivity index (χ0n) is 25.6. The number of benzene rings is 1. The second kappa shape index (κ2) is 12.4. The van der Waals surface area contributed by atoms with Crippen molar-refractivity contribution in [2.45, 2.75) is 98.8 Å². The second-order valence-electron chi connectivity index (χ2n) is 12.5. The Morgan fingerprint density at radius 3 is 2.46 bits per heavy atom. The van der Waals surface area contributed by atoms with E-state index >= 15 is 0 Å². The van der Waals surface area contributed by atoms with E-state index in [4.69, 9.17) is 18.9 Å². The molecule has 1 aliphatic carbocycles. The van der Waals surface area contributed by atoms with E-state index in [2.05, 4.69) is 15.3 Å². The highest BCUT2D eigenvalue weighted by Gasteiger charge is 2.56. The Morgan fingerprint density at radius 2 is 1.80 bits per heavy atom. The zero-order valence-corrected chi connectivity index (χ0v) is 26.4. The van der Waals surface area contributed by atoms with Crippen molar-refractivity contribution in [1.82, 2.24) is 20.0 Å². The summed E-state index contributed by atoms with van der Waals surface area (Å²) >= 11 is 1.22. The number of rotatable bonds is 7. The van der Waals surface area contributed by atoms with Gasteiger partial charge in [-0.05, 0) is 57.4 Å². The van der Waals surface area contributed by atoms with Crippen LogP contribution in [0.15, 0.2) is 36.7 Å². The van der Waals surface area contributed by atoms with E-state index in [0.29, 0.717) is 5.69 Å². The van der Waals surface area contributed by atoms with Gasteiger partial charge in [0.15, 0.2) is 23.2 Å². The number of ether oxygens (including phenoxy) is 4. The van der Waals surface area contributed by atoms with Gasteiger partial charge in [0.25, 0.3) is 0 Å². The predicted molar refractivity (Wildman–Crippen MR) is 156 cm³/mol. The minimum absolute atomic E-state index is 0.0265. The van der Waals surface area contributed by atoms with E-state index in [1.165, 1.54) is 29.8 Å². The van der Waals surface area contributed by atoms with Crippen molar-refractivity contribution in [3.63, 3.8) is 0 Å². The van der Waals surface area contributed by atoms with E-state index in [9.17, 15) is 27.1 Å². The maximum absolute atomic E-state index is 14.3. The number of halogens is 5. The number of alkyl halides is 2. The highest BCUT2D eigenvalue weighted by atomic mass is 32.2. The van der Waals surface area contributed by atoms with Crippen molar-refractivity contribution in [3.05, 3.63) is 65.4 Å². The lowest BCUT2D eigenvalue weighted by Gasteiger charge is -2.52. The molecule has 4 heterocycles. The smallest absolute Gasteiger partial charge is 0.248 e. The molecule has 6 rings (SSSR count). The third-order valence-electron chi connectivity index (χ3n) is 8.90. The van der Waals surface area contributed by atoms with Crippen LogP contribution < -0.4 is 0 Å². The second-order valence-corrected chi connectivity index (χ2v) is 13.8. The summed E-state index contributed by atoms with van der Waals surface area (Å²) in [7, 11) is 1.47. The fourth-order valence-electron chi connectivity index (χ4n) is 6.40. The number of thioether (sulfide) groups is 1. The molecule has 3 aromatic rings. The van der Waals surface area contributed by atoms with E-state index in [1.54, 1.807) is 26.1 Å². The van der Waals surface area contributed by atoms with E-state index in [0.717, 1.165) is 17.7 Å². The molecule has 15 heteroatoms. The minimum atomic E-state index is -2.87. The van der Waals surface area contributed by atoms with Crippen LogP contribution in [0.5, 0.6) is 0 Å². The Morgan fingerprint density at radius 1 is 1.11 bits per heavy atom. The molecule has 46 heavy (non-hydrogen) atoms. The molecule has 1 saturated carbocycles. The molecule has 0 spiro atoms. The van der Waals surface area contributed by atoms with Gasteiger partial charge in [-0.2, -0.15) is 0 Å². The summed E-state index contributed by atoms with van der Waals surface area (Å²) < 4.78 is 96.6. The van der Waals surface area contributed by atoms with Gasteiger partial charge < -0.3 is 24.1 Å². The standard InChI is InChI=1S/C31H35F5N4O5S/c1-16-6-5-11-37-23(16)27(30(41)7-9-31(35,36)10-8-30)46-28-26(42-4)24(25-21(44-28)15-43-29(2,3)45-25)40-14-20(38-39-40)17-12-18(32)22(34)19(33)13-17/h5-6,11-14,21,24-28,41H,7-10,15H2,1-4H3/t21-,24+,25+,26-,27-,28+/m1/s1. The molecule has 250 valence electrons. The Kier molecular flexibility index (Phi) is 8.95. The number of hydrogen-bond acceptors (Lipinski definition) is 9. The molecular weight excluding hydrogens is 635 g/mol. The topological polar surface area (TPSA) is 101 Å². The van der Waals surface area contributed by atoms with E-state index < -0.39 is 82.6 Å². The first-order chi connectivity index (χ1) is 21.7. The normalized spacial score (nSPS) is 29.2. The zero-order chi connectivity index (χ0) is 33.0. The van der Waals surface area contributed by atoms with Crippen LogP contribution in [0, 0.1) is 24.4 Å². The molecule has 0 radical (unpaired) electrons. The Labute approximate surface area is 266 Å². The molecule has 2 aliphatic heterocycles. The highest BCUT2D eigenvalue weighted by Crippen LogP contribution is 2.53. The van der Waals surface area contributed by atoms with Crippen LogP contribution in [0.25, 0.3) is 11.3 Å². The van der Waals surface area contributed by atoms with Crippen molar-refractivity contribution >= 4 is 11.8 Å². The number of methoxy groups -OCH3 is 1. The number of hydrogen-bond donors (Lipinski definition) is 1. The molecular formula is C31H35F5N4O5S. The van der Waals surface area contributed by atoms with Gasteiger partial charge in [-0.25, -0.2) is 26.6 Å². The number of fused-ring (bicyclic) bond motifs is 1. The fraction of sp³-hybridized carbons (Fsp3) is 0.581. The lowest BCUT2D eigenvalue weighted by molar-refractivity contribution is -0.342. The minimum Gasteiger partial charge on any atom is -0.388 e. The number of aromatic nitrogens is 4. The quantitative estimate of drug-likeness (QED) is 0.243. The SMILES string of the molecule is CO[C@@H]1[C@@H](n2cc(-c3cc(F)c(F)c(F)c3)nn2)[C@H]2OC(C)(C)OC[C@H]2O[C@H]1S[C@H](c1ncccc1C)C1(O)CCC(F)(F)CC1. The summed E-state index contributed by atoms with van der Waals surface area (Å²) in [6.07, 6.45) is -0.374. The van der Waals surface area contributed by atoms with Crippen LogP contribution in [-0.2, 0) is 18.9 Å². The summed E-state index contributed by atoms with van der Waals surface area (Å²) in [6.45, 7) is 5.46. The maximum atomic E-state index is 14.3. The van der Waals surface area contributed by atoms with Gasteiger partial charge in [0, 0.05) is 31.7 Å². The molecule has 9 nitrogen and oxygen atoms in total. The lowest BCUT2D eigenvalue weighted by atomic mass is 9.79. The average Bonchev–Trinajstić information content (AvgIpc) is 3.49. The predicted octanol–water partition coefficient (Wildman–Crippen LogP) is 5.91. The lowest BCUT2D eigenvalue weighted by Crippen LogP contribution is -2.62. The Balaban J connectivity index is 1.38. The number of nitrogens with zero attached hydrogens (tertiary/aromatic N) is 4. The fourth-order valence-corrected chi connectivity index (χ4v) is 8.17. The first-order valence-corrected chi connectivity index (χ1v) is 15.9. The molecule has 0 bridgehead atoms. The molecule has 2 saturated heterocycles. The molecule has 6 atom stereocenters. The number of aryl methyl sites for hydroxylation is 1. The number of aliphatic hydroxyl groups is 1. The van der Waals surface area contributed by atoms with Crippen molar-refractivity contribution in [3.8, 4) is 11.3 Å². The monoisotopic (exact) mass is 670 g/mol. The van der Waals surface area contributed by atoms with Crippen LogP contribution in [0.1, 0.15) is 62.1 Å². The largest absolute Gasteiger partial charge is 0.388 e. The van der Waals surface area contributed by atoms with Crippen LogP contribution in [0.3, 0.4) is 0 Å². The third kappa shape index (κ3) is 6.41. The average molecular weight is 671 g/mol. The van der Waals surface area contributed by atoms with Crippen LogP contribution >= 0.6 is 11.8 Å². The molecule has 3 aliphatic rings. The molecule has 1 N–H and O–H groups in total. The van der Waals surface area contributed by atoms with Crippen LogP contribution in [0.4, 0.5) is 22.0 Å². The first-order valence-electron chi connectivity index (χ1n) is 14.9. The van der Waals surface area contributed by atoms with Gasteiger partial charge >= 0.3 is 0 Å². The van der Waals surface area contributed by atoms with E-state index in [1.807, 2.05) is 13.0 Å². The first kappa shape index (κ1) is 33.2. The Hall–Kier alpha value is -2.69. The summed E-state index contributed by atoms with van der Waals surface area (Å²) in [5.41, 5.74) is -0.991. The van der Waals surface area contributed by atoms with E-state index in [-0.39, 0.29) is 30.7 Å². The number of pyridine rings is 1. The summed E-state index contributed by atoms with van der Waals surface area (Å²) in [6, 6.07) is 4.52. The van der Waals surface area contributed by atoms with Gasteiger partial charge in [0.05, 0.1) is 29.3 Å². The molecule has 3 fully saturated rings.